The summed E-state index contributed by atoms with van der Waals surface area (Å²) in [6.45, 7) is 1.62. The van der Waals surface area contributed by atoms with Crippen molar-refractivity contribution in [3.63, 3.8) is 0 Å². The van der Waals surface area contributed by atoms with Gasteiger partial charge in [-0.15, -0.1) is 0 Å². The summed E-state index contributed by atoms with van der Waals surface area (Å²) in [5.41, 5.74) is 0.0788. The van der Waals surface area contributed by atoms with Gasteiger partial charge in [-0.25, -0.2) is 4.79 Å². The molecule has 114 valence electrons. The van der Waals surface area contributed by atoms with E-state index in [0.29, 0.717) is 11.7 Å². The molecule has 2 rings (SSSR count). The van der Waals surface area contributed by atoms with Gasteiger partial charge in [0.25, 0.3) is 5.69 Å². The van der Waals surface area contributed by atoms with Crippen LogP contribution in [-0.2, 0) is 0 Å². The Balaban J connectivity index is 2.30. The molecule has 0 aromatic heterocycles. The van der Waals surface area contributed by atoms with E-state index in [9.17, 15) is 14.9 Å². The molecule has 1 unspecified atom stereocenters. The van der Waals surface area contributed by atoms with Gasteiger partial charge in [-0.05, 0) is 39.1 Å². The normalized spacial score (nSPS) is 18.8. The summed E-state index contributed by atoms with van der Waals surface area (Å²) in [7, 11) is 4.04. The number of anilines is 1. The van der Waals surface area contributed by atoms with Gasteiger partial charge in [0.2, 0.25) is 0 Å². The first kappa shape index (κ1) is 15.2. The van der Waals surface area contributed by atoms with E-state index in [1.54, 1.807) is 6.07 Å². The Bertz CT molecular complexity index is 559. The predicted molar refractivity (Wildman–Crippen MR) is 79.0 cm³/mol. The number of benzene rings is 1. The Morgan fingerprint density at radius 2 is 2.19 bits per heavy atom. The van der Waals surface area contributed by atoms with E-state index in [0.717, 1.165) is 25.9 Å². The topological polar surface area (TPSA) is 86.9 Å². The van der Waals surface area contributed by atoms with Gasteiger partial charge in [0, 0.05) is 30.9 Å². The Morgan fingerprint density at radius 3 is 2.76 bits per heavy atom. The summed E-state index contributed by atoms with van der Waals surface area (Å²) < 4.78 is 0. The fourth-order valence-corrected chi connectivity index (χ4v) is 2.66. The van der Waals surface area contributed by atoms with Gasteiger partial charge >= 0.3 is 5.97 Å². The first-order valence-corrected chi connectivity index (χ1v) is 6.83. The lowest BCUT2D eigenvalue weighted by molar-refractivity contribution is -0.385. The second-order valence-corrected chi connectivity index (χ2v) is 5.47. The maximum absolute atomic E-state index is 11.0. The molecule has 1 N–H and O–H groups in total. The molecule has 0 bridgehead atoms. The van der Waals surface area contributed by atoms with Crippen molar-refractivity contribution < 1.29 is 14.8 Å². The average Bonchev–Trinajstić information content (AvgIpc) is 2.46. The third-order valence-corrected chi connectivity index (χ3v) is 3.90. The third-order valence-electron chi connectivity index (χ3n) is 3.90. The van der Waals surface area contributed by atoms with Crippen molar-refractivity contribution in [1.29, 1.82) is 0 Å². The quantitative estimate of drug-likeness (QED) is 0.673. The van der Waals surface area contributed by atoms with Crippen LogP contribution in [0.4, 0.5) is 11.4 Å². The molecule has 0 radical (unpaired) electrons. The minimum atomic E-state index is -1.28. The van der Waals surface area contributed by atoms with Crippen LogP contribution in [0.1, 0.15) is 23.2 Å². The van der Waals surface area contributed by atoms with Gasteiger partial charge in [0.1, 0.15) is 5.56 Å². The predicted octanol–water partition coefficient (Wildman–Crippen LogP) is 1.82. The van der Waals surface area contributed by atoms with Crippen molar-refractivity contribution >= 4 is 17.3 Å². The number of hydrogen-bond acceptors (Lipinski definition) is 5. The highest BCUT2D eigenvalue weighted by Gasteiger charge is 2.25. The molecule has 1 aliphatic rings. The van der Waals surface area contributed by atoms with Crippen LogP contribution in [0.5, 0.6) is 0 Å². The molecule has 1 aromatic carbocycles. The van der Waals surface area contributed by atoms with Crippen LogP contribution in [0, 0.1) is 10.1 Å². The van der Waals surface area contributed by atoms with E-state index in [1.165, 1.54) is 12.1 Å². The second-order valence-electron chi connectivity index (χ2n) is 5.47. The van der Waals surface area contributed by atoms with Crippen LogP contribution < -0.4 is 4.90 Å². The molecule has 0 aliphatic carbocycles. The van der Waals surface area contributed by atoms with Crippen LogP contribution in [0.3, 0.4) is 0 Å². The minimum absolute atomic E-state index is 0.273. The van der Waals surface area contributed by atoms with Crippen molar-refractivity contribution in [2.45, 2.75) is 18.9 Å². The van der Waals surface area contributed by atoms with Crippen LogP contribution in [-0.4, -0.2) is 54.1 Å². The molecule has 1 aromatic rings. The van der Waals surface area contributed by atoms with Crippen LogP contribution in [0.15, 0.2) is 18.2 Å². The van der Waals surface area contributed by atoms with Gasteiger partial charge in [-0.2, -0.15) is 0 Å². The van der Waals surface area contributed by atoms with Crippen LogP contribution >= 0.6 is 0 Å². The number of carboxylic acids is 1. The third kappa shape index (κ3) is 3.30. The van der Waals surface area contributed by atoms with Crippen LogP contribution in [0.2, 0.25) is 0 Å². The van der Waals surface area contributed by atoms with Gasteiger partial charge in [0.15, 0.2) is 0 Å². The number of nitro groups is 1. The summed E-state index contributed by atoms with van der Waals surface area (Å²) >= 11 is 0. The Morgan fingerprint density at radius 1 is 1.48 bits per heavy atom. The highest BCUT2D eigenvalue weighted by atomic mass is 16.6. The first-order valence-electron chi connectivity index (χ1n) is 6.83. The largest absolute Gasteiger partial charge is 0.477 e. The zero-order valence-electron chi connectivity index (χ0n) is 12.2. The molecule has 0 spiro atoms. The maximum Gasteiger partial charge on any atom is 0.342 e. The number of likely N-dealkylation sites (N-methyl/N-ethyl adjacent to an activating group) is 1. The number of nitrogens with zero attached hydrogens (tertiary/aromatic N) is 3. The number of hydrogen-bond donors (Lipinski definition) is 1. The van der Waals surface area contributed by atoms with Gasteiger partial charge in [-0.1, -0.05) is 0 Å². The van der Waals surface area contributed by atoms with Gasteiger partial charge in [0.05, 0.1) is 4.92 Å². The Hall–Kier alpha value is -2.15. The van der Waals surface area contributed by atoms with E-state index in [4.69, 9.17) is 5.11 Å². The molecular weight excluding hydrogens is 274 g/mol. The van der Waals surface area contributed by atoms with Crippen LogP contribution in [0.25, 0.3) is 0 Å². The first-order chi connectivity index (χ1) is 9.90. The summed E-state index contributed by atoms with van der Waals surface area (Å²) in [6, 6.07) is 4.72. The summed E-state index contributed by atoms with van der Waals surface area (Å²) in [6.07, 6.45) is 2.11. The lowest BCUT2D eigenvalue weighted by Gasteiger charge is -2.37. The van der Waals surface area contributed by atoms with Gasteiger partial charge in [-0.3, -0.25) is 10.1 Å². The van der Waals surface area contributed by atoms with E-state index < -0.39 is 10.9 Å². The number of carbonyl (C=O) groups is 1. The Labute approximate surface area is 122 Å². The van der Waals surface area contributed by atoms with E-state index in [-0.39, 0.29) is 11.3 Å². The summed E-state index contributed by atoms with van der Waals surface area (Å²) in [4.78, 5) is 25.7. The molecule has 7 heteroatoms. The van der Waals surface area contributed by atoms with Crippen molar-refractivity contribution in [2.24, 2.45) is 0 Å². The number of aromatic carboxylic acids is 1. The maximum atomic E-state index is 11.0. The zero-order valence-corrected chi connectivity index (χ0v) is 12.2. The fraction of sp³-hybridized carbons (Fsp3) is 0.500. The zero-order chi connectivity index (χ0) is 15.6. The molecule has 0 saturated carbocycles. The molecular formula is C14H19N3O4. The van der Waals surface area contributed by atoms with E-state index in [2.05, 4.69) is 9.80 Å². The molecule has 0 amide bonds. The second kappa shape index (κ2) is 6.09. The molecule has 1 heterocycles. The number of nitro benzene ring substituents is 1. The number of piperidine rings is 1. The molecule has 1 aliphatic heterocycles. The number of rotatable bonds is 4. The lowest BCUT2D eigenvalue weighted by Crippen LogP contribution is -2.45. The molecule has 1 atom stereocenters. The standard InChI is InChI=1S/C14H19N3O4/c1-15(2)11-4-3-7-16(9-11)10-5-6-12(14(18)19)13(8-10)17(20)21/h5-6,8,11H,3-4,7,9H2,1-2H3,(H,18,19). The number of carboxylic acid groups (broad SMARTS) is 1. The van der Waals surface area contributed by atoms with Crippen molar-refractivity contribution in [3.8, 4) is 0 Å². The lowest BCUT2D eigenvalue weighted by atomic mass is 10.0. The molecule has 21 heavy (non-hydrogen) atoms. The molecule has 1 saturated heterocycles. The van der Waals surface area contributed by atoms with Crippen molar-refractivity contribution in [1.82, 2.24) is 4.90 Å². The van der Waals surface area contributed by atoms with Gasteiger partial charge < -0.3 is 14.9 Å². The summed E-state index contributed by atoms with van der Waals surface area (Å²) in [5.74, 6) is -1.28. The highest BCUT2D eigenvalue weighted by Crippen LogP contribution is 2.28. The smallest absolute Gasteiger partial charge is 0.342 e. The highest BCUT2D eigenvalue weighted by molar-refractivity contribution is 5.93. The average molecular weight is 293 g/mol. The molecule has 1 fully saturated rings. The molecule has 7 nitrogen and oxygen atoms in total. The Kier molecular flexibility index (Phi) is 4.42. The summed E-state index contributed by atoms with van der Waals surface area (Å²) in [5, 5.41) is 20.1. The van der Waals surface area contributed by atoms with E-state index in [1.807, 2.05) is 14.1 Å². The fourth-order valence-electron chi connectivity index (χ4n) is 2.66. The monoisotopic (exact) mass is 293 g/mol. The minimum Gasteiger partial charge on any atom is -0.477 e. The SMILES string of the molecule is CN(C)C1CCCN(c2ccc(C(=O)O)c([N+](=O)[O-])c2)C1. The van der Waals surface area contributed by atoms with E-state index >= 15 is 0 Å². The van der Waals surface area contributed by atoms with Crippen molar-refractivity contribution in [3.05, 3.63) is 33.9 Å². The van der Waals surface area contributed by atoms with Crippen molar-refractivity contribution in [2.75, 3.05) is 32.1 Å².